The second kappa shape index (κ2) is 5.60. The summed E-state index contributed by atoms with van der Waals surface area (Å²) in [4.78, 5) is 11.5. The van der Waals surface area contributed by atoms with Crippen LogP contribution in [0.1, 0.15) is 12.5 Å². The first kappa shape index (κ1) is 15.1. The highest BCUT2D eigenvalue weighted by Crippen LogP contribution is 2.44. The average molecular weight is 317 g/mol. The van der Waals surface area contributed by atoms with Crippen LogP contribution in [0.4, 0.5) is 0 Å². The number of aryl methyl sites for hydroxylation is 1. The molecule has 108 valence electrons. The average Bonchev–Trinajstić information content (AvgIpc) is 2.35. The molecule has 5 nitrogen and oxygen atoms in total. The van der Waals surface area contributed by atoms with Crippen LogP contribution in [0.15, 0.2) is 27.4 Å². The van der Waals surface area contributed by atoms with Crippen LogP contribution < -0.4 is 10.1 Å². The summed E-state index contributed by atoms with van der Waals surface area (Å²) in [5.41, 5.74) is 0.346. The van der Waals surface area contributed by atoms with Gasteiger partial charge in [-0.2, -0.15) is 0 Å². The molecule has 2 rings (SSSR count). The molecule has 0 spiro atoms. The van der Waals surface area contributed by atoms with Crippen LogP contribution in [0.2, 0.25) is 5.02 Å². The molecule has 7 heteroatoms. The van der Waals surface area contributed by atoms with Crippen molar-refractivity contribution in [2.24, 2.45) is 0 Å². The predicted molar refractivity (Wildman–Crippen MR) is 78.0 cm³/mol. The van der Waals surface area contributed by atoms with Crippen molar-refractivity contribution >= 4 is 30.2 Å². The Labute approximate surface area is 121 Å². The summed E-state index contributed by atoms with van der Waals surface area (Å²) in [5.74, 6) is 0.307. The summed E-state index contributed by atoms with van der Waals surface area (Å²) in [6.07, 6.45) is 0. The van der Waals surface area contributed by atoms with Crippen LogP contribution in [-0.4, -0.2) is 13.3 Å². The van der Waals surface area contributed by atoms with E-state index in [2.05, 4.69) is 0 Å². The fourth-order valence-corrected chi connectivity index (χ4v) is 2.98. The van der Waals surface area contributed by atoms with E-state index in [-0.39, 0.29) is 11.6 Å². The molecule has 1 atom stereocenters. The van der Waals surface area contributed by atoms with Gasteiger partial charge >= 0.3 is 13.2 Å². The summed E-state index contributed by atoms with van der Waals surface area (Å²) in [6.45, 7) is 5.12. The van der Waals surface area contributed by atoms with Crippen molar-refractivity contribution in [2.45, 2.75) is 13.8 Å². The quantitative estimate of drug-likeness (QED) is 0.630. The van der Waals surface area contributed by atoms with Gasteiger partial charge in [-0.15, -0.1) is 0 Å². The molecule has 0 unspecified atom stereocenters. The minimum atomic E-state index is -3.17. The van der Waals surface area contributed by atoms with Crippen LogP contribution in [-0.2, 0) is 9.09 Å². The van der Waals surface area contributed by atoms with Crippen LogP contribution in [0, 0.1) is 6.92 Å². The highest BCUT2D eigenvalue weighted by Gasteiger charge is 2.18. The Morgan fingerprint density at radius 2 is 2.10 bits per heavy atom. The third-order valence-corrected chi connectivity index (χ3v) is 4.41. The molecule has 0 aliphatic heterocycles. The first-order chi connectivity index (χ1) is 9.34. The van der Waals surface area contributed by atoms with E-state index in [4.69, 9.17) is 25.1 Å². The fraction of sp³-hybridized carbons (Fsp3) is 0.308. The monoisotopic (exact) mass is 316 g/mol. The van der Waals surface area contributed by atoms with Crippen molar-refractivity contribution in [3.05, 3.63) is 39.2 Å². The highest BCUT2D eigenvalue weighted by molar-refractivity contribution is 7.53. The van der Waals surface area contributed by atoms with E-state index in [1.807, 2.05) is 0 Å². The smallest absolute Gasteiger partial charge is 0.376 e. The fourth-order valence-electron chi connectivity index (χ4n) is 1.82. The van der Waals surface area contributed by atoms with Crippen LogP contribution in [0.25, 0.3) is 11.0 Å². The van der Waals surface area contributed by atoms with Crippen molar-refractivity contribution in [1.29, 1.82) is 0 Å². The summed E-state index contributed by atoms with van der Waals surface area (Å²) in [6, 6.07) is 4.82. The van der Waals surface area contributed by atoms with Gasteiger partial charge in [-0.3, -0.25) is 0 Å². The van der Waals surface area contributed by atoms with Gasteiger partial charge in [0.1, 0.15) is 16.4 Å². The van der Waals surface area contributed by atoms with Crippen LogP contribution in [0.3, 0.4) is 0 Å². The van der Waals surface area contributed by atoms with Gasteiger partial charge in [0.25, 0.3) is 0 Å². The summed E-state index contributed by atoms with van der Waals surface area (Å²) in [5, 5.41) is 0.756. The van der Waals surface area contributed by atoms with Crippen molar-refractivity contribution < 1.29 is 18.0 Å². The van der Waals surface area contributed by atoms with Gasteiger partial charge in [0.05, 0.1) is 6.61 Å². The molecule has 1 heterocycles. The molecule has 1 aromatic carbocycles. The maximum absolute atomic E-state index is 11.9. The molecule has 20 heavy (non-hydrogen) atoms. The lowest BCUT2D eigenvalue weighted by atomic mass is 10.1. The van der Waals surface area contributed by atoms with E-state index in [0.717, 1.165) is 0 Å². The molecule has 0 radical (unpaired) electrons. The number of fused-ring (bicyclic) bond motifs is 1. The van der Waals surface area contributed by atoms with E-state index in [1.165, 1.54) is 12.7 Å². The lowest BCUT2D eigenvalue weighted by Crippen LogP contribution is -2.02. The van der Waals surface area contributed by atoms with Crippen LogP contribution >= 0.6 is 19.2 Å². The molecule has 0 aliphatic carbocycles. The normalized spacial score (nSPS) is 14.2. The standard InChI is InChI=1S/C13H14ClO5P/c1-4-17-20(3,16)19-9-5-6-10-8(2)12(14)13(15)18-11(10)7-9/h5-7H,4H2,1-3H3/t20-/m0/s1. The molecule has 1 aromatic heterocycles. The molecule has 0 bridgehead atoms. The summed E-state index contributed by atoms with van der Waals surface area (Å²) in [7, 11) is -3.17. The second-order valence-electron chi connectivity index (χ2n) is 4.27. The number of halogens is 1. The van der Waals surface area contributed by atoms with Gasteiger partial charge in [-0.1, -0.05) is 11.6 Å². The Morgan fingerprint density at radius 1 is 1.40 bits per heavy atom. The molecule has 0 aliphatic rings. The third-order valence-electron chi connectivity index (χ3n) is 2.70. The van der Waals surface area contributed by atoms with Crippen molar-refractivity contribution in [3.63, 3.8) is 0 Å². The molecular formula is C13H14ClO5P. The van der Waals surface area contributed by atoms with E-state index in [9.17, 15) is 9.36 Å². The zero-order chi connectivity index (χ0) is 14.9. The highest BCUT2D eigenvalue weighted by atomic mass is 35.5. The Hall–Kier alpha value is -1.29. The summed E-state index contributed by atoms with van der Waals surface area (Å²) < 4.78 is 27.4. The molecule has 0 amide bonds. The van der Waals surface area contributed by atoms with Gasteiger partial charge in [-0.25, -0.2) is 9.36 Å². The number of benzene rings is 1. The van der Waals surface area contributed by atoms with Crippen molar-refractivity contribution in [3.8, 4) is 5.75 Å². The zero-order valence-corrected chi connectivity index (χ0v) is 13.0. The van der Waals surface area contributed by atoms with E-state index in [1.54, 1.807) is 26.0 Å². The van der Waals surface area contributed by atoms with E-state index in [0.29, 0.717) is 22.3 Å². The lowest BCUT2D eigenvalue weighted by Gasteiger charge is -2.14. The van der Waals surface area contributed by atoms with Gasteiger partial charge in [-0.05, 0) is 31.5 Å². The van der Waals surface area contributed by atoms with Gasteiger partial charge < -0.3 is 13.5 Å². The maximum Gasteiger partial charge on any atom is 0.376 e. The minimum absolute atomic E-state index is 0.0571. The molecule has 2 aromatic rings. The Balaban J connectivity index is 2.47. The Bertz CT molecular complexity index is 752. The third kappa shape index (κ3) is 3.06. The lowest BCUT2D eigenvalue weighted by molar-refractivity contribution is 0.284. The second-order valence-corrected chi connectivity index (χ2v) is 6.63. The van der Waals surface area contributed by atoms with Crippen molar-refractivity contribution in [2.75, 3.05) is 13.3 Å². The summed E-state index contributed by atoms with van der Waals surface area (Å²) >= 11 is 5.84. The SMILES string of the molecule is CCO[P@](C)(=O)Oc1ccc2c(C)c(Cl)c(=O)oc2c1. The van der Waals surface area contributed by atoms with Crippen LogP contribution in [0.5, 0.6) is 5.75 Å². The molecule has 0 saturated heterocycles. The first-order valence-corrected chi connectivity index (χ1v) is 8.35. The Morgan fingerprint density at radius 3 is 2.75 bits per heavy atom. The van der Waals surface area contributed by atoms with Crippen molar-refractivity contribution in [1.82, 2.24) is 0 Å². The zero-order valence-electron chi connectivity index (χ0n) is 11.3. The topological polar surface area (TPSA) is 65.7 Å². The van der Waals surface area contributed by atoms with Gasteiger partial charge in [0, 0.05) is 18.1 Å². The molecule has 0 fully saturated rings. The number of hydrogen-bond acceptors (Lipinski definition) is 5. The minimum Gasteiger partial charge on any atom is -0.424 e. The predicted octanol–water partition coefficient (Wildman–Crippen LogP) is 3.99. The maximum atomic E-state index is 11.9. The molecule has 0 N–H and O–H groups in total. The first-order valence-electron chi connectivity index (χ1n) is 5.98. The van der Waals surface area contributed by atoms with E-state index < -0.39 is 13.2 Å². The van der Waals surface area contributed by atoms with Gasteiger partial charge in [0.2, 0.25) is 0 Å². The molecule has 0 saturated carbocycles. The van der Waals surface area contributed by atoms with Gasteiger partial charge in [0.15, 0.2) is 0 Å². The number of hydrogen-bond donors (Lipinski definition) is 0. The Kier molecular flexibility index (Phi) is 4.23. The van der Waals surface area contributed by atoms with E-state index >= 15 is 0 Å². The number of rotatable bonds is 4. The largest absolute Gasteiger partial charge is 0.424 e. The molecular weight excluding hydrogens is 303 g/mol.